The summed E-state index contributed by atoms with van der Waals surface area (Å²) in [5.74, 6) is -1.19. The Labute approximate surface area is 55.9 Å². The largest absolute Gasteiger partial charge is 0.478 e. The topological polar surface area (TPSA) is 55.1 Å². The predicted molar refractivity (Wildman–Crippen MR) is 30.2 cm³/mol. The first-order chi connectivity index (χ1) is 5.41. The highest BCUT2D eigenvalue weighted by molar-refractivity contribution is 5.86. The van der Waals surface area contributed by atoms with Crippen molar-refractivity contribution in [1.82, 2.24) is 9.78 Å². The number of hydrogen-bond donors (Lipinski definition) is 1. The first kappa shape index (κ1) is 3.00. The van der Waals surface area contributed by atoms with Crippen molar-refractivity contribution in [2.75, 3.05) is 0 Å². The summed E-state index contributed by atoms with van der Waals surface area (Å²) in [6, 6.07) is 0. The van der Waals surface area contributed by atoms with Gasteiger partial charge in [0.05, 0.1) is 11.8 Å². The lowest BCUT2D eigenvalue weighted by Crippen LogP contribution is -1.92. The third-order valence-electron chi connectivity index (χ3n) is 0.830. The number of rotatable bonds is 1. The van der Waals surface area contributed by atoms with Crippen LogP contribution in [0.4, 0.5) is 0 Å². The van der Waals surface area contributed by atoms with Crippen LogP contribution in [-0.2, 0) is 6.98 Å². The van der Waals surface area contributed by atoms with Gasteiger partial charge in [0.15, 0.2) is 0 Å². The molecule has 1 aromatic heterocycles. The second-order valence-corrected chi connectivity index (χ2v) is 1.48. The Bertz CT molecular complexity index is 304. The van der Waals surface area contributed by atoms with E-state index in [1.54, 1.807) is 0 Å². The summed E-state index contributed by atoms with van der Waals surface area (Å²) in [5, 5.41) is 11.8. The van der Waals surface area contributed by atoms with Crippen molar-refractivity contribution in [3.05, 3.63) is 18.0 Å². The first-order valence-electron chi connectivity index (χ1n) is 3.70. The van der Waals surface area contributed by atoms with Gasteiger partial charge in [-0.25, -0.2) is 4.79 Å². The van der Waals surface area contributed by atoms with Crippen LogP contribution in [0.5, 0.6) is 0 Å². The van der Waals surface area contributed by atoms with Gasteiger partial charge in [-0.1, -0.05) is 0 Å². The molecule has 0 aliphatic carbocycles. The molecule has 1 aromatic rings. The van der Waals surface area contributed by atoms with Gasteiger partial charge in [0.25, 0.3) is 0 Å². The number of aromatic nitrogens is 2. The Morgan fingerprint density at radius 3 is 3.22 bits per heavy atom. The first-order valence-corrected chi connectivity index (χ1v) is 2.20. The standard InChI is InChI=1S/C5H6N2O2/c1-7-3-4(2-6-7)5(8)9/h2-3H,1H3,(H,8,9)/i1D3. The van der Waals surface area contributed by atoms with Gasteiger partial charge in [0.2, 0.25) is 0 Å². The fourth-order valence-electron chi connectivity index (χ4n) is 0.433. The molecule has 0 aromatic carbocycles. The monoisotopic (exact) mass is 129 g/mol. The summed E-state index contributed by atoms with van der Waals surface area (Å²) in [6.45, 7) is -2.41. The molecule has 48 valence electrons. The van der Waals surface area contributed by atoms with Crippen LogP contribution in [-0.4, -0.2) is 20.9 Å². The maximum Gasteiger partial charge on any atom is 0.338 e. The zero-order valence-corrected chi connectivity index (χ0v) is 4.40. The molecule has 0 unspecified atom stereocenters. The van der Waals surface area contributed by atoms with E-state index in [0.29, 0.717) is 4.68 Å². The van der Waals surface area contributed by atoms with Crippen molar-refractivity contribution < 1.29 is 14.0 Å². The van der Waals surface area contributed by atoms with Crippen LogP contribution in [0.3, 0.4) is 0 Å². The SMILES string of the molecule is [2H]C([2H])([2H])n1cc(C(=O)O)cn1. The third-order valence-corrected chi connectivity index (χ3v) is 0.830. The van der Waals surface area contributed by atoms with Crippen LogP contribution >= 0.6 is 0 Å². The van der Waals surface area contributed by atoms with Gasteiger partial charge in [0, 0.05) is 17.3 Å². The van der Waals surface area contributed by atoms with Gasteiger partial charge in [-0.15, -0.1) is 0 Å². The van der Waals surface area contributed by atoms with Crippen LogP contribution < -0.4 is 0 Å². The van der Waals surface area contributed by atoms with E-state index in [4.69, 9.17) is 9.22 Å². The molecule has 0 spiro atoms. The Hall–Kier alpha value is -1.32. The minimum atomic E-state index is -2.41. The van der Waals surface area contributed by atoms with E-state index in [1.807, 2.05) is 0 Å². The van der Waals surface area contributed by atoms with E-state index in [-0.39, 0.29) is 5.56 Å². The van der Waals surface area contributed by atoms with E-state index in [9.17, 15) is 4.79 Å². The van der Waals surface area contributed by atoms with Gasteiger partial charge < -0.3 is 5.11 Å². The summed E-state index contributed by atoms with van der Waals surface area (Å²) in [6.07, 6.45) is 1.96. The maximum atomic E-state index is 10.3. The van der Waals surface area contributed by atoms with E-state index in [2.05, 4.69) is 5.10 Å². The molecule has 0 atom stereocenters. The number of carbonyl (C=O) groups is 1. The van der Waals surface area contributed by atoms with Gasteiger partial charge in [-0.3, -0.25) is 4.68 Å². The number of aryl methyl sites for hydroxylation is 1. The van der Waals surface area contributed by atoms with Crippen molar-refractivity contribution >= 4 is 5.97 Å². The fraction of sp³-hybridized carbons (Fsp3) is 0.200. The van der Waals surface area contributed by atoms with Crippen LogP contribution in [0.15, 0.2) is 12.4 Å². The summed E-state index contributed by atoms with van der Waals surface area (Å²) in [4.78, 5) is 10.3. The second kappa shape index (κ2) is 1.89. The molecule has 0 aliphatic heterocycles. The molecule has 4 heteroatoms. The molecule has 0 fully saturated rings. The summed E-state index contributed by atoms with van der Waals surface area (Å²) in [5.41, 5.74) is -0.133. The molecule has 4 nitrogen and oxygen atoms in total. The van der Waals surface area contributed by atoms with E-state index < -0.39 is 12.9 Å². The van der Waals surface area contributed by atoms with E-state index in [1.165, 1.54) is 0 Å². The average molecular weight is 129 g/mol. The molecule has 0 saturated carbocycles. The number of hydrogen-bond acceptors (Lipinski definition) is 2. The summed E-state index contributed by atoms with van der Waals surface area (Å²) < 4.78 is 21.2. The molecule has 0 amide bonds. The molecule has 9 heavy (non-hydrogen) atoms. The van der Waals surface area contributed by atoms with Crippen LogP contribution in [0.25, 0.3) is 0 Å². The summed E-state index contributed by atoms with van der Waals surface area (Å²) >= 11 is 0. The van der Waals surface area contributed by atoms with Crippen LogP contribution in [0.2, 0.25) is 0 Å². The Balaban J connectivity index is 3.00. The average Bonchev–Trinajstić information content (AvgIpc) is 2.30. The predicted octanol–water partition coefficient (Wildman–Crippen LogP) is 0.118. The van der Waals surface area contributed by atoms with Crippen LogP contribution in [0, 0.1) is 0 Å². The van der Waals surface area contributed by atoms with E-state index in [0.717, 1.165) is 12.4 Å². The Morgan fingerprint density at radius 2 is 2.89 bits per heavy atom. The lowest BCUT2D eigenvalue weighted by molar-refractivity contribution is 0.0697. The molecule has 0 saturated heterocycles. The lowest BCUT2D eigenvalue weighted by atomic mass is 10.4. The summed E-state index contributed by atoms with van der Waals surface area (Å²) in [7, 11) is 0. The number of nitrogens with zero attached hydrogens (tertiary/aromatic N) is 2. The van der Waals surface area contributed by atoms with E-state index >= 15 is 0 Å². The minimum absolute atomic E-state index is 0.133. The molecule has 1 heterocycles. The Morgan fingerprint density at radius 1 is 2.11 bits per heavy atom. The molecule has 0 bridgehead atoms. The highest BCUT2D eigenvalue weighted by Gasteiger charge is 2.02. The molecule has 1 rings (SSSR count). The minimum Gasteiger partial charge on any atom is -0.478 e. The van der Waals surface area contributed by atoms with Crippen molar-refractivity contribution in [2.24, 2.45) is 6.98 Å². The van der Waals surface area contributed by atoms with Gasteiger partial charge >= 0.3 is 5.97 Å². The molecule has 0 radical (unpaired) electrons. The smallest absolute Gasteiger partial charge is 0.338 e. The number of carboxylic acid groups (broad SMARTS) is 1. The lowest BCUT2D eigenvalue weighted by Gasteiger charge is -1.81. The van der Waals surface area contributed by atoms with Gasteiger partial charge in [-0.2, -0.15) is 5.10 Å². The molecule has 0 aliphatic rings. The van der Waals surface area contributed by atoms with Crippen molar-refractivity contribution in [2.45, 2.75) is 0 Å². The quantitative estimate of drug-likeness (QED) is 0.585. The normalized spacial score (nSPS) is 15.8. The van der Waals surface area contributed by atoms with Gasteiger partial charge in [-0.05, 0) is 0 Å². The second-order valence-electron chi connectivity index (χ2n) is 1.48. The van der Waals surface area contributed by atoms with Crippen molar-refractivity contribution in [3.63, 3.8) is 0 Å². The molecular weight excluding hydrogens is 120 g/mol. The third kappa shape index (κ3) is 1.07. The van der Waals surface area contributed by atoms with Gasteiger partial charge in [0.1, 0.15) is 0 Å². The highest BCUT2D eigenvalue weighted by Crippen LogP contribution is 1.93. The zero-order valence-electron chi connectivity index (χ0n) is 7.40. The van der Waals surface area contributed by atoms with Crippen molar-refractivity contribution in [3.8, 4) is 0 Å². The fourth-order valence-corrected chi connectivity index (χ4v) is 0.433. The highest BCUT2D eigenvalue weighted by atomic mass is 16.4. The zero-order chi connectivity index (χ0) is 9.35. The molecular formula is C5H6N2O2. The molecule has 1 N–H and O–H groups in total. The Kier molecular flexibility index (Phi) is 0.631. The van der Waals surface area contributed by atoms with Crippen molar-refractivity contribution in [1.29, 1.82) is 0 Å². The number of carboxylic acids is 1. The number of aromatic carboxylic acids is 1. The van der Waals surface area contributed by atoms with Crippen LogP contribution in [0.1, 0.15) is 14.5 Å². The maximum absolute atomic E-state index is 10.3.